The quantitative estimate of drug-likeness (QED) is 0.416. The Balaban J connectivity index is 1.69. The molecule has 1 heterocycles. The molecule has 4 rings (SSSR count). The van der Waals surface area contributed by atoms with E-state index in [1.54, 1.807) is 24.3 Å². The van der Waals surface area contributed by atoms with Crippen LogP contribution in [0.2, 0.25) is 0 Å². The van der Waals surface area contributed by atoms with Crippen molar-refractivity contribution in [3.05, 3.63) is 71.3 Å². The first-order valence-corrected chi connectivity index (χ1v) is 11.4. The molecule has 0 bridgehead atoms. The molecule has 7 nitrogen and oxygen atoms in total. The van der Waals surface area contributed by atoms with Crippen molar-refractivity contribution >= 4 is 23.7 Å². The Morgan fingerprint density at radius 2 is 1.45 bits per heavy atom. The SMILES string of the molecule is COC(=O)C1(NC(=O)C(Cc2ccccc2)N2C(=O)c3ccccc3C2=O)CCCCCC1. The van der Waals surface area contributed by atoms with Gasteiger partial charge in [-0.2, -0.15) is 0 Å². The molecule has 2 aromatic carbocycles. The van der Waals surface area contributed by atoms with Crippen molar-refractivity contribution in [3.8, 4) is 0 Å². The van der Waals surface area contributed by atoms with E-state index >= 15 is 0 Å². The van der Waals surface area contributed by atoms with Crippen LogP contribution in [0.5, 0.6) is 0 Å². The highest BCUT2D eigenvalue weighted by Crippen LogP contribution is 2.30. The first kappa shape index (κ1) is 22.7. The lowest BCUT2D eigenvalue weighted by Crippen LogP contribution is -2.60. The average molecular weight is 449 g/mol. The van der Waals surface area contributed by atoms with Crippen LogP contribution in [-0.4, -0.2) is 47.3 Å². The molecule has 1 fully saturated rings. The van der Waals surface area contributed by atoms with Gasteiger partial charge in [0, 0.05) is 6.42 Å². The highest BCUT2D eigenvalue weighted by molar-refractivity contribution is 6.23. The zero-order valence-electron chi connectivity index (χ0n) is 18.7. The zero-order chi connectivity index (χ0) is 23.4. The number of carbonyl (C=O) groups is 4. The first-order valence-electron chi connectivity index (χ1n) is 11.4. The van der Waals surface area contributed by atoms with E-state index in [1.807, 2.05) is 30.3 Å². The van der Waals surface area contributed by atoms with Crippen LogP contribution in [0.1, 0.15) is 64.8 Å². The van der Waals surface area contributed by atoms with Crippen LogP contribution in [0.4, 0.5) is 0 Å². The molecule has 1 aliphatic carbocycles. The lowest BCUT2D eigenvalue weighted by Gasteiger charge is -2.34. The normalized spacial score (nSPS) is 18.3. The van der Waals surface area contributed by atoms with Crippen LogP contribution in [0.15, 0.2) is 54.6 Å². The minimum Gasteiger partial charge on any atom is -0.467 e. The van der Waals surface area contributed by atoms with E-state index in [0.29, 0.717) is 12.8 Å². The van der Waals surface area contributed by atoms with Gasteiger partial charge in [0.2, 0.25) is 5.91 Å². The van der Waals surface area contributed by atoms with Crippen LogP contribution in [0.25, 0.3) is 0 Å². The van der Waals surface area contributed by atoms with Crippen molar-refractivity contribution in [2.24, 2.45) is 0 Å². The van der Waals surface area contributed by atoms with E-state index in [-0.39, 0.29) is 17.5 Å². The van der Waals surface area contributed by atoms with E-state index in [4.69, 9.17) is 4.74 Å². The molecule has 0 aromatic heterocycles. The fraction of sp³-hybridized carbons (Fsp3) is 0.385. The number of benzene rings is 2. The van der Waals surface area contributed by atoms with Crippen LogP contribution in [-0.2, 0) is 20.7 Å². The van der Waals surface area contributed by atoms with Gasteiger partial charge in [0.05, 0.1) is 18.2 Å². The van der Waals surface area contributed by atoms with Crippen LogP contribution < -0.4 is 5.32 Å². The van der Waals surface area contributed by atoms with Gasteiger partial charge in [0.15, 0.2) is 0 Å². The van der Waals surface area contributed by atoms with Gasteiger partial charge in [0.1, 0.15) is 11.6 Å². The lowest BCUT2D eigenvalue weighted by molar-refractivity contribution is -0.152. The Morgan fingerprint density at radius 3 is 2.00 bits per heavy atom. The minimum atomic E-state index is -1.16. The second-order valence-corrected chi connectivity index (χ2v) is 8.71. The summed E-state index contributed by atoms with van der Waals surface area (Å²) in [5, 5.41) is 2.93. The smallest absolute Gasteiger partial charge is 0.331 e. The van der Waals surface area contributed by atoms with Gasteiger partial charge in [-0.1, -0.05) is 68.1 Å². The van der Waals surface area contributed by atoms with Gasteiger partial charge in [-0.3, -0.25) is 19.3 Å². The number of hydrogen-bond donors (Lipinski definition) is 1. The Kier molecular flexibility index (Phi) is 6.58. The van der Waals surface area contributed by atoms with Gasteiger partial charge in [0.25, 0.3) is 11.8 Å². The van der Waals surface area contributed by atoms with E-state index in [0.717, 1.165) is 36.1 Å². The minimum absolute atomic E-state index is 0.148. The second kappa shape index (κ2) is 9.57. The molecule has 3 amide bonds. The summed E-state index contributed by atoms with van der Waals surface area (Å²) in [5.41, 5.74) is 0.217. The van der Waals surface area contributed by atoms with E-state index in [1.165, 1.54) is 7.11 Å². The highest BCUT2D eigenvalue weighted by atomic mass is 16.5. The van der Waals surface area contributed by atoms with Crippen molar-refractivity contribution in [1.82, 2.24) is 10.2 Å². The van der Waals surface area contributed by atoms with Crippen molar-refractivity contribution in [2.75, 3.05) is 7.11 Å². The monoisotopic (exact) mass is 448 g/mol. The number of amides is 3. The van der Waals surface area contributed by atoms with Gasteiger partial charge in [-0.25, -0.2) is 4.79 Å². The summed E-state index contributed by atoms with van der Waals surface area (Å²) >= 11 is 0. The fourth-order valence-electron chi connectivity index (χ4n) is 4.86. The molecular formula is C26H28N2O5. The van der Waals surface area contributed by atoms with Crippen molar-refractivity contribution in [2.45, 2.75) is 56.5 Å². The summed E-state index contributed by atoms with van der Waals surface area (Å²) in [4.78, 5) is 53.9. The molecule has 1 aliphatic heterocycles. The predicted molar refractivity (Wildman–Crippen MR) is 121 cm³/mol. The van der Waals surface area contributed by atoms with Crippen LogP contribution >= 0.6 is 0 Å². The van der Waals surface area contributed by atoms with E-state index < -0.39 is 35.3 Å². The summed E-state index contributed by atoms with van der Waals surface area (Å²) in [7, 11) is 1.31. The Labute approximate surface area is 193 Å². The van der Waals surface area contributed by atoms with Gasteiger partial charge in [-0.05, 0) is 30.5 Å². The van der Waals surface area contributed by atoms with Crippen LogP contribution in [0, 0.1) is 0 Å². The van der Waals surface area contributed by atoms with Gasteiger partial charge in [-0.15, -0.1) is 0 Å². The summed E-state index contributed by atoms with van der Waals surface area (Å²) < 4.78 is 5.06. The molecule has 2 aromatic rings. The molecule has 1 unspecified atom stereocenters. The van der Waals surface area contributed by atoms with Crippen LogP contribution in [0.3, 0.4) is 0 Å². The number of imide groups is 1. The maximum Gasteiger partial charge on any atom is 0.331 e. The molecule has 1 N–H and O–H groups in total. The first-order chi connectivity index (χ1) is 16.0. The number of nitrogens with one attached hydrogen (secondary N) is 1. The number of rotatable bonds is 6. The third-order valence-corrected chi connectivity index (χ3v) is 6.61. The lowest BCUT2D eigenvalue weighted by atomic mass is 9.89. The summed E-state index contributed by atoms with van der Waals surface area (Å²) in [6.45, 7) is 0. The average Bonchev–Trinajstić information content (AvgIpc) is 2.98. The van der Waals surface area contributed by atoms with E-state index in [9.17, 15) is 19.2 Å². The number of hydrogen-bond acceptors (Lipinski definition) is 5. The molecule has 33 heavy (non-hydrogen) atoms. The zero-order valence-corrected chi connectivity index (χ0v) is 18.7. The summed E-state index contributed by atoms with van der Waals surface area (Å²) in [5.74, 6) is -2.02. The Hall–Kier alpha value is -3.48. The molecule has 0 saturated heterocycles. The predicted octanol–water partition coefficient (Wildman–Crippen LogP) is 3.28. The summed E-state index contributed by atoms with van der Waals surface area (Å²) in [6, 6.07) is 14.7. The maximum atomic E-state index is 13.7. The third-order valence-electron chi connectivity index (χ3n) is 6.61. The molecule has 7 heteroatoms. The Morgan fingerprint density at radius 1 is 0.909 bits per heavy atom. The topological polar surface area (TPSA) is 92.8 Å². The maximum absolute atomic E-state index is 13.7. The van der Waals surface area contributed by atoms with Crippen molar-refractivity contribution in [1.29, 1.82) is 0 Å². The molecule has 0 radical (unpaired) electrons. The van der Waals surface area contributed by atoms with Gasteiger partial charge < -0.3 is 10.1 Å². The number of methoxy groups -OCH3 is 1. The highest BCUT2D eigenvalue weighted by Gasteiger charge is 2.47. The molecule has 0 spiro atoms. The number of fused-ring (bicyclic) bond motifs is 1. The fourth-order valence-corrected chi connectivity index (χ4v) is 4.86. The van der Waals surface area contributed by atoms with E-state index in [2.05, 4.69) is 5.32 Å². The standard InChI is InChI=1S/C26H28N2O5/c1-33-25(32)26(15-9-2-3-10-16-26)27-22(29)21(17-18-11-5-4-6-12-18)28-23(30)19-13-7-8-14-20(19)24(28)31/h4-8,11-14,21H,2-3,9-10,15-17H2,1H3,(H,27,29). The number of esters is 1. The largest absolute Gasteiger partial charge is 0.467 e. The van der Waals surface area contributed by atoms with Gasteiger partial charge >= 0.3 is 5.97 Å². The van der Waals surface area contributed by atoms with Crippen molar-refractivity contribution in [3.63, 3.8) is 0 Å². The number of ether oxygens (including phenoxy) is 1. The molecule has 1 saturated carbocycles. The number of nitrogens with zero attached hydrogens (tertiary/aromatic N) is 1. The summed E-state index contributed by atoms with van der Waals surface area (Å²) in [6.07, 6.45) is 4.59. The van der Waals surface area contributed by atoms with Crippen molar-refractivity contribution < 1.29 is 23.9 Å². The Bertz CT molecular complexity index is 1020. The third kappa shape index (κ3) is 4.40. The molecule has 2 aliphatic rings. The second-order valence-electron chi connectivity index (χ2n) is 8.71. The molecule has 1 atom stereocenters. The molecule has 172 valence electrons. The number of carbonyl (C=O) groups excluding carboxylic acids is 4. The molecular weight excluding hydrogens is 420 g/mol.